The van der Waals surface area contributed by atoms with E-state index in [4.69, 9.17) is 16.0 Å². The van der Waals surface area contributed by atoms with Crippen LogP contribution in [-0.4, -0.2) is 30.2 Å². The maximum absolute atomic E-state index is 12.5. The Bertz CT molecular complexity index is 1250. The van der Waals surface area contributed by atoms with Crippen molar-refractivity contribution >= 4 is 50.9 Å². The molecule has 0 aliphatic rings. The van der Waals surface area contributed by atoms with Crippen molar-refractivity contribution in [1.29, 1.82) is 0 Å². The number of furan rings is 1. The number of nitrogens with one attached hydrogen (secondary N) is 2. The molecule has 0 aliphatic heterocycles. The van der Waals surface area contributed by atoms with Crippen LogP contribution < -0.4 is 15.6 Å². The molecule has 0 aliphatic carbocycles. The van der Waals surface area contributed by atoms with Crippen LogP contribution in [0.1, 0.15) is 30.0 Å². The Labute approximate surface area is 207 Å². The maximum atomic E-state index is 12.5. The number of hydrogen-bond donors (Lipinski definition) is 2. The molecule has 2 N–H and O–H groups in total. The predicted octanol–water partition coefficient (Wildman–Crippen LogP) is 6.60. The summed E-state index contributed by atoms with van der Waals surface area (Å²) in [6.45, 7) is 6.20. The van der Waals surface area contributed by atoms with Crippen molar-refractivity contribution in [2.24, 2.45) is 5.10 Å². The first-order chi connectivity index (χ1) is 16.6. The molecule has 2 aromatic heterocycles. The molecule has 0 fully saturated rings. The molecule has 0 saturated heterocycles. The molecule has 0 radical (unpaired) electrons. The zero-order valence-electron chi connectivity index (χ0n) is 18.8. The van der Waals surface area contributed by atoms with Crippen LogP contribution in [0.2, 0.25) is 5.02 Å². The molecular formula is C25H24ClN5O2S. The van der Waals surface area contributed by atoms with E-state index < -0.39 is 0 Å². The predicted molar refractivity (Wildman–Crippen MR) is 140 cm³/mol. The largest absolute Gasteiger partial charge is 0.459 e. The second-order valence-corrected chi connectivity index (χ2v) is 8.70. The van der Waals surface area contributed by atoms with Gasteiger partial charge in [-0.1, -0.05) is 47.2 Å². The number of amides is 1. The number of benzene rings is 2. The molecule has 2 aromatic carbocycles. The molecule has 1 amide bonds. The maximum Gasteiger partial charge on any atom is 0.292 e. The summed E-state index contributed by atoms with van der Waals surface area (Å²) in [5.41, 5.74) is 6.54. The van der Waals surface area contributed by atoms with E-state index in [1.807, 2.05) is 24.3 Å². The van der Waals surface area contributed by atoms with Crippen molar-refractivity contribution in [2.45, 2.75) is 13.8 Å². The van der Waals surface area contributed by atoms with Gasteiger partial charge in [0.1, 0.15) is 10.7 Å². The number of nitrogens with zero attached hydrogens (tertiary/aromatic N) is 3. The minimum Gasteiger partial charge on any atom is -0.459 e. The third kappa shape index (κ3) is 5.65. The lowest BCUT2D eigenvalue weighted by atomic mass is 10.1. The highest BCUT2D eigenvalue weighted by Gasteiger charge is 2.17. The molecule has 2 heterocycles. The molecule has 9 heteroatoms. The van der Waals surface area contributed by atoms with Crippen LogP contribution >= 0.6 is 22.9 Å². The summed E-state index contributed by atoms with van der Waals surface area (Å²) in [6, 6.07) is 18.7. The second kappa shape index (κ2) is 11.0. The van der Waals surface area contributed by atoms with Gasteiger partial charge < -0.3 is 14.6 Å². The zero-order chi connectivity index (χ0) is 23.9. The van der Waals surface area contributed by atoms with Crippen LogP contribution in [0.15, 0.2) is 76.4 Å². The number of rotatable bonds is 9. The Morgan fingerprint density at radius 1 is 1.12 bits per heavy atom. The van der Waals surface area contributed by atoms with E-state index in [1.165, 1.54) is 23.3 Å². The van der Waals surface area contributed by atoms with Crippen molar-refractivity contribution in [3.05, 3.63) is 83.3 Å². The molecule has 174 valence electrons. The minimum absolute atomic E-state index is 0.219. The van der Waals surface area contributed by atoms with Gasteiger partial charge in [0.2, 0.25) is 5.13 Å². The van der Waals surface area contributed by atoms with Crippen LogP contribution in [0.4, 0.5) is 15.8 Å². The number of carbonyl (C=O) groups excluding carboxylic acids is 1. The summed E-state index contributed by atoms with van der Waals surface area (Å²) in [5, 5.41) is 8.93. The number of anilines is 3. The van der Waals surface area contributed by atoms with Gasteiger partial charge in [-0.25, -0.2) is 4.98 Å². The first-order valence-electron chi connectivity index (χ1n) is 10.8. The molecule has 4 rings (SSSR count). The monoisotopic (exact) mass is 493 g/mol. The van der Waals surface area contributed by atoms with Gasteiger partial charge in [-0.05, 0) is 55.8 Å². The van der Waals surface area contributed by atoms with E-state index in [2.05, 4.69) is 51.7 Å². The molecule has 7 nitrogen and oxygen atoms in total. The molecule has 0 spiro atoms. The van der Waals surface area contributed by atoms with Gasteiger partial charge in [0.25, 0.3) is 5.91 Å². The highest BCUT2D eigenvalue weighted by atomic mass is 35.5. The highest BCUT2D eigenvalue weighted by Crippen LogP contribution is 2.36. The summed E-state index contributed by atoms with van der Waals surface area (Å²) in [7, 11) is 0. The number of halogens is 1. The summed E-state index contributed by atoms with van der Waals surface area (Å²) in [4.78, 5) is 19.5. The summed E-state index contributed by atoms with van der Waals surface area (Å²) in [5.74, 6) is -0.136. The number of hydrogen-bond acceptors (Lipinski definition) is 7. The van der Waals surface area contributed by atoms with E-state index in [0.29, 0.717) is 20.8 Å². The van der Waals surface area contributed by atoms with Gasteiger partial charge in [-0.2, -0.15) is 5.10 Å². The Balaban J connectivity index is 1.52. The number of hydrazone groups is 1. The van der Waals surface area contributed by atoms with E-state index in [1.54, 1.807) is 30.5 Å². The van der Waals surface area contributed by atoms with Gasteiger partial charge in [-0.15, -0.1) is 0 Å². The van der Waals surface area contributed by atoms with Gasteiger partial charge in [0.05, 0.1) is 12.5 Å². The van der Waals surface area contributed by atoms with E-state index in [-0.39, 0.29) is 11.7 Å². The molecule has 34 heavy (non-hydrogen) atoms. The van der Waals surface area contributed by atoms with E-state index in [9.17, 15) is 4.79 Å². The normalized spacial score (nSPS) is 11.0. The molecule has 0 saturated carbocycles. The third-order valence-electron chi connectivity index (χ3n) is 5.11. The molecule has 4 aromatic rings. The fraction of sp³-hybridized carbons (Fsp3) is 0.160. The first kappa shape index (κ1) is 23.5. The van der Waals surface area contributed by atoms with Crippen molar-refractivity contribution in [1.82, 2.24) is 4.98 Å². The Morgan fingerprint density at radius 3 is 2.50 bits per heavy atom. The van der Waals surface area contributed by atoms with Crippen LogP contribution in [0.25, 0.3) is 11.3 Å². The fourth-order valence-electron chi connectivity index (χ4n) is 3.35. The Hall–Kier alpha value is -3.62. The van der Waals surface area contributed by atoms with Gasteiger partial charge in [0.15, 0.2) is 5.76 Å². The van der Waals surface area contributed by atoms with Crippen LogP contribution in [0.3, 0.4) is 0 Å². The Morgan fingerprint density at radius 2 is 1.85 bits per heavy atom. The quantitative estimate of drug-likeness (QED) is 0.203. The lowest BCUT2D eigenvalue weighted by Gasteiger charge is -2.20. The smallest absolute Gasteiger partial charge is 0.292 e. The topological polar surface area (TPSA) is 82.8 Å². The van der Waals surface area contributed by atoms with Gasteiger partial charge >= 0.3 is 0 Å². The van der Waals surface area contributed by atoms with Crippen LogP contribution in [0, 0.1) is 0 Å². The van der Waals surface area contributed by atoms with Gasteiger partial charge in [0, 0.05) is 29.4 Å². The van der Waals surface area contributed by atoms with Crippen molar-refractivity contribution in [3.63, 3.8) is 0 Å². The SMILES string of the molecule is CCN(CC)c1ccc(/C=N\Nc2nc(-c3ccc(Cl)cc3)c(NC(=O)c3ccco3)s2)cc1. The minimum atomic E-state index is -0.354. The third-order valence-corrected chi connectivity index (χ3v) is 6.24. The lowest BCUT2D eigenvalue weighted by molar-refractivity contribution is 0.0997. The van der Waals surface area contributed by atoms with Crippen molar-refractivity contribution < 1.29 is 9.21 Å². The molecule has 0 unspecified atom stereocenters. The molecule has 0 bridgehead atoms. The van der Waals surface area contributed by atoms with E-state index >= 15 is 0 Å². The first-order valence-corrected chi connectivity index (χ1v) is 12.0. The number of aromatic nitrogens is 1. The van der Waals surface area contributed by atoms with Crippen molar-refractivity contribution in [2.75, 3.05) is 28.7 Å². The van der Waals surface area contributed by atoms with E-state index in [0.717, 1.165) is 24.2 Å². The lowest BCUT2D eigenvalue weighted by Crippen LogP contribution is -2.21. The Kier molecular flexibility index (Phi) is 7.61. The number of carbonyl (C=O) groups is 1. The molecular weight excluding hydrogens is 470 g/mol. The standard InChI is InChI=1S/C25H24ClN5O2S/c1-3-31(4-2)20-13-7-17(8-14-20)16-27-30-25-28-22(18-9-11-19(26)12-10-18)24(34-25)29-23(32)21-6-5-15-33-21/h5-16H,3-4H2,1-2H3,(H,28,30)(H,29,32)/b27-16-. The summed E-state index contributed by atoms with van der Waals surface area (Å²) >= 11 is 7.31. The van der Waals surface area contributed by atoms with Gasteiger partial charge in [-0.3, -0.25) is 10.2 Å². The highest BCUT2D eigenvalue weighted by molar-refractivity contribution is 7.20. The summed E-state index contributed by atoms with van der Waals surface area (Å²) in [6.07, 6.45) is 3.19. The second-order valence-electron chi connectivity index (χ2n) is 7.27. The van der Waals surface area contributed by atoms with Crippen LogP contribution in [-0.2, 0) is 0 Å². The summed E-state index contributed by atoms with van der Waals surface area (Å²) < 4.78 is 5.20. The van der Waals surface area contributed by atoms with Crippen molar-refractivity contribution in [3.8, 4) is 11.3 Å². The molecule has 0 atom stereocenters. The van der Waals surface area contributed by atoms with Crippen LogP contribution in [0.5, 0.6) is 0 Å². The average molecular weight is 494 g/mol. The fourth-order valence-corrected chi connectivity index (χ4v) is 4.31. The average Bonchev–Trinajstić information content (AvgIpc) is 3.52. The number of thiazole rings is 1. The zero-order valence-corrected chi connectivity index (χ0v) is 20.4.